The van der Waals surface area contributed by atoms with Crippen LogP contribution in [0.1, 0.15) is 18.7 Å². The molecule has 0 aliphatic heterocycles. The number of carbonyl (C=O) groups is 1. The van der Waals surface area contributed by atoms with E-state index < -0.39 is 0 Å². The third kappa shape index (κ3) is 2.13. The molecule has 1 aromatic heterocycles. The zero-order valence-electron chi connectivity index (χ0n) is 10.4. The number of hydrogen-bond donors (Lipinski definition) is 1. The van der Waals surface area contributed by atoms with E-state index in [9.17, 15) is 4.79 Å². The maximum Gasteiger partial charge on any atom is 0.137 e. The zero-order valence-corrected chi connectivity index (χ0v) is 11.2. The van der Waals surface area contributed by atoms with E-state index in [0.717, 1.165) is 6.29 Å². The molecule has 0 unspecified atom stereocenters. The van der Waals surface area contributed by atoms with Gasteiger partial charge in [-0.2, -0.15) is 0 Å². The second-order valence-corrected chi connectivity index (χ2v) is 5.86. The molecule has 3 heteroatoms. The number of thiophene rings is 1. The Morgan fingerprint density at radius 3 is 2.65 bits per heavy atom. The lowest BCUT2D eigenvalue weighted by atomic mass is 9.83. The molecule has 0 radical (unpaired) electrons. The summed E-state index contributed by atoms with van der Waals surface area (Å²) in [5.41, 5.74) is -0.180. The fourth-order valence-electron chi connectivity index (χ4n) is 2.05. The first-order chi connectivity index (χ1) is 8.09. The summed E-state index contributed by atoms with van der Waals surface area (Å²) in [7, 11) is 1.83. The molecule has 0 fully saturated rings. The van der Waals surface area contributed by atoms with Crippen LogP contribution in [0.5, 0.6) is 0 Å². The lowest BCUT2D eigenvalue weighted by Crippen LogP contribution is -2.43. The molecule has 0 aliphatic rings. The normalized spacial score (nSPS) is 13.8. The van der Waals surface area contributed by atoms with Crippen LogP contribution in [0, 0.1) is 0 Å². The van der Waals surface area contributed by atoms with Crippen molar-refractivity contribution in [1.29, 1.82) is 0 Å². The Morgan fingerprint density at radius 1 is 1.35 bits per heavy atom. The third-order valence-electron chi connectivity index (χ3n) is 3.29. The van der Waals surface area contributed by atoms with Gasteiger partial charge in [-0.1, -0.05) is 32.0 Å². The van der Waals surface area contributed by atoms with Crippen LogP contribution < -0.4 is 5.32 Å². The van der Waals surface area contributed by atoms with Gasteiger partial charge in [0, 0.05) is 15.0 Å². The van der Waals surface area contributed by atoms with Crippen LogP contribution in [0.2, 0.25) is 0 Å². The highest BCUT2D eigenvalue weighted by Crippen LogP contribution is 2.36. The Bertz CT molecular complexity index is 497. The van der Waals surface area contributed by atoms with Crippen molar-refractivity contribution >= 4 is 27.7 Å². The predicted molar refractivity (Wildman–Crippen MR) is 73.8 cm³/mol. The number of benzene rings is 1. The van der Waals surface area contributed by atoms with Crippen LogP contribution >= 0.6 is 11.3 Å². The van der Waals surface area contributed by atoms with Gasteiger partial charge in [-0.05, 0) is 24.6 Å². The molecule has 0 amide bonds. The molecule has 0 saturated carbocycles. The molecule has 0 bridgehead atoms. The quantitative estimate of drug-likeness (QED) is 0.842. The molecule has 0 aliphatic carbocycles. The van der Waals surface area contributed by atoms with Crippen molar-refractivity contribution in [3.63, 3.8) is 0 Å². The number of carbonyl (C=O) groups excluding carboxylic acids is 1. The minimum Gasteiger partial charge on any atom is -0.310 e. The minimum absolute atomic E-state index is 0.157. The molecule has 1 aromatic carbocycles. The highest BCUT2D eigenvalue weighted by Gasteiger charge is 2.31. The summed E-state index contributed by atoms with van der Waals surface area (Å²) in [6, 6.07) is 10.4. The summed E-state index contributed by atoms with van der Waals surface area (Å²) in [6.07, 6.45) is 0.990. The van der Waals surface area contributed by atoms with Gasteiger partial charge in [-0.3, -0.25) is 0 Å². The van der Waals surface area contributed by atoms with Crippen molar-refractivity contribution in [2.24, 2.45) is 0 Å². The Morgan fingerprint density at radius 2 is 2.06 bits per heavy atom. The molecule has 90 valence electrons. The van der Waals surface area contributed by atoms with Crippen LogP contribution in [-0.2, 0) is 10.2 Å². The lowest BCUT2D eigenvalue weighted by molar-refractivity contribution is -0.110. The molecule has 2 nitrogen and oxygen atoms in total. The zero-order chi connectivity index (χ0) is 12.5. The van der Waals surface area contributed by atoms with Crippen molar-refractivity contribution in [3.8, 4) is 0 Å². The van der Waals surface area contributed by atoms with Gasteiger partial charge < -0.3 is 10.1 Å². The molecule has 0 saturated heterocycles. The second-order valence-electron chi connectivity index (χ2n) is 4.77. The predicted octanol–water partition coefficient (Wildman–Crippen LogP) is 2.97. The Labute approximate surface area is 106 Å². The van der Waals surface area contributed by atoms with Crippen LogP contribution in [0.4, 0.5) is 0 Å². The van der Waals surface area contributed by atoms with Gasteiger partial charge in [-0.15, -0.1) is 11.3 Å². The van der Waals surface area contributed by atoms with Gasteiger partial charge in [0.25, 0.3) is 0 Å². The Hall–Kier alpha value is -1.19. The average Bonchev–Trinajstić information content (AvgIpc) is 2.74. The monoisotopic (exact) mass is 247 g/mol. The lowest BCUT2D eigenvalue weighted by Gasteiger charge is -2.29. The summed E-state index contributed by atoms with van der Waals surface area (Å²) in [5, 5.41) is 4.32. The standard InChI is InChI=1S/C14H17NOS/c1-14(2,12(9-16)15-3)13-8-10-6-4-5-7-11(10)17-13/h4-9,12,15H,1-3H3/t12-/m1/s1. The van der Waals surface area contributed by atoms with E-state index in [2.05, 4.69) is 37.4 Å². The molecular weight excluding hydrogens is 230 g/mol. The maximum atomic E-state index is 11.1. The number of rotatable bonds is 4. The molecule has 1 N–H and O–H groups in total. The maximum absolute atomic E-state index is 11.1. The molecule has 1 atom stereocenters. The molecule has 2 rings (SSSR count). The Kier molecular flexibility index (Phi) is 3.31. The fourth-order valence-corrected chi connectivity index (χ4v) is 3.26. The van der Waals surface area contributed by atoms with Crippen molar-refractivity contribution in [2.75, 3.05) is 7.05 Å². The van der Waals surface area contributed by atoms with Crippen LogP contribution in [0.3, 0.4) is 0 Å². The van der Waals surface area contributed by atoms with E-state index in [4.69, 9.17) is 0 Å². The van der Waals surface area contributed by atoms with Crippen LogP contribution in [0.25, 0.3) is 10.1 Å². The molecule has 0 spiro atoms. The van der Waals surface area contributed by atoms with Crippen molar-refractivity contribution < 1.29 is 4.79 Å². The summed E-state index contributed by atoms with van der Waals surface area (Å²) in [4.78, 5) is 12.4. The van der Waals surface area contributed by atoms with Gasteiger partial charge >= 0.3 is 0 Å². The van der Waals surface area contributed by atoms with Crippen molar-refractivity contribution in [1.82, 2.24) is 5.32 Å². The van der Waals surface area contributed by atoms with Crippen LogP contribution in [0.15, 0.2) is 30.3 Å². The largest absolute Gasteiger partial charge is 0.310 e. The molecule has 1 heterocycles. The fraction of sp³-hybridized carbons (Fsp3) is 0.357. The first-order valence-corrected chi connectivity index (χ1v) is 6.53. The average molecular weight is 247 g/mol. The summed E-state index contributed by atoms with van der Waals surface area (Å²) in [5.74, 6) is 0. The number of hydrogen-bond acceptors (Lipinski definition) is 3. The van der Waals surface area contributed by atoms with E-state index in [1.165, 1.54) is 15.0 Å². The van der Waals surface area contributed by atoms with E-state index in [0.29, 0.717) is 0 Å². The van der Waals surface area contributed by atoms with Crippen molar-refractivity contribution in [3.05, 3.63) is 35.2 Å². The molecule has 17 heavy (non-hydrogen) atoms. The van der Waals surface area contributed by atoms with Gasteiger partial charge in [0.2, 0.25) is 0 Å². The van der Waals surface area contributed by atoms with Gasteiger partial charge in [0.1, 0.15) is 6.29 Å². The first-order valence-electron chi connectivity index (χ1n) is 5.71. The van der Waals surface area contributed by atoms with Gasteiger partial charge in [0.15, 0.2) is 0 Å². The Balaban J connectivity index is 2.48. The topological polar surface area (TPSA) is 29.1 Å². The van der Waals surface area contributed by atoms with Crippen LogP contribution in [-0.4, -0.2) is 19.4 Å². The van der Waals surface area contributed by atoms with E-state index in [-0.39, 0.29) is 11.5 Å². The first kappa shape index (κ1) is 12.3. The van der Waals surface area contributed by atoms with E-state index >= 15 is 0 Å². The number of likely N-dealkylation sites (N-methyl/N-ethyl adjacent to an activating group) is 1. The van der Waals surface area contributed by atoms with Crippen molar-refractivity contribution in [2.45, 2.75) is 25.3 Å². The van der Waals surface area contributed by atoms with Gasteiger partial charge in [-0.25, -0.2) is 0 Å². The number of nitrogens with one attached hydrogen (secondary N) is 1. The van der Waals surface area contributed by atoms with Gasteiger partial charge in [0.05, 0.1) is 6.04 Å². The highest BCUT2D eigenvalue weighted by atomic mass is 32.1. The third-order valence-corrected chi connectivity index (χ3v) is 4.74. The second kappa shape index (κ2) is 4.59. The summed E-state index contributed by atoms with van der Waals surface area (Å²) >= 11 is 1.76. The number of aldehydes is 1. The van der Waals surface area contributed by atoms with E-state index in [1.54, 1.807) is 11.3 Å². The molecular formula is C14H17NOS. The van der Waals surface area contributed by atoms with E-state index in [1.807, 2.05) is 19.2 Å². The number of fused-ring (bicyclic) bond motifs is 1. The highest BCUT2D eigenvalue weighted by molar-refractivity contribution is 7.19. The smallest absolute Gasteiger partial charge is 0.137 e. The summed E-state index contributed by atoms with van der Waals surface area (Å²) < 4.78 is 1.27. The minimum atomic E-state index is -0.180. The molecule has 2 aromatic rings. The summed E-state index contributed by atoms with van der Waals surface area (Å²) in [6.45, 7) is 4.21. The SMILES string of the molecule is CN[C@H](C=O)C(C)(C)c1cc2ccccc2s1.